The maximum atomic E-state index is 7.07. The summed E-state index contributed by atoms with van der Waals surface area (Å²) in [4.78, 5) is 0. The topological polar surface area (TPSA) is 73.8 Å². The first-order valence-electron chi connectivity index (χ1n) is 14.7. The van der Waals surface area contributed by atoms with Crippen LogP contribution in [-0.2, 0) is 44.2 Å². The van der Waals surface area contributed by atoms with Crippen LogP contribution in [0.25, 0.3) is 0 Å². The molecule has 0 saturated carbocycles. The van der Waals surface area contributed by atoms with Crippen molar-refractivity contribution in [3.05, 3.63) is 71.8 Å². The van der Waals surface area contributed by atoms with Gasteiger partial charge in [-0.05, 0) is 37.5 Å². The van der Waals surface area contributed by atoms with E-state index in [1.807, 2.05) is 62.4 Å². The lowest BCUT2D eigenvalue weighted by Crippen LogP contribution is -2.66. The van der Waals surface area contributed by atoms with Gasteiger partial charge in [-0.15, -0.1) is 0 Å². The molecule has 2 aromatic rings. The molecule has 0 N–H and O–H groups in total. The summed E-state index contributed by atoms with van der Waals surface area (Å²) in [6, 6.07) is 20.1. The highest BCUT2D eigenvalue weighted by Crippen LogP contribution is 2.42. The zero-order valence-electron chi connectivity index (χ0n) is 25.4. The fourth-order valence-corrected chi connectivity index (χ4v) is 6.39. The summed E-state index contributed by atoms with van der Waals surface area (Å²) < 4.78 is 51.4. The highest BCUT2D eigenvalue weighted by Gasteiger charge is 2.54. The Hall–Kier alpha value is -1.66. The van der Waals surface area contributed by atoms with Gasteiger partial charge in [0.2, 0.25) is 0 Å². The molecule has 41 heavy (non-hydrogen) atoms. The summed E-state index contributed by atoms with van der Waals surface area (Å²) >= 11 is 0. The summed E-state index contributed by atoms with van der Waals surface area (Å²) in [6.07, 6.45) is -3.22. The normalized spacial score (nSPS) is 32.0. The number of fused-ring (bicyclic) bond motifs is 1. The number of hydrogen-bond acceptors (Lipinski definition) is 8. The molecule has 3 heterocycles. The average Bonchev–Trinajstić information content (AvgIpc) is 3.29. The van der Waals surface area contributed by atoms with Crippen molar-refractivity contribution in [2.24, 2.45) is 0 Å². The Bertz CT molecular complexity index is 1110. The minimum atomic E-state index is -2.29. The van der Waals surface area contributed by atoms with Crippen molar-refractivity contribution in [1.29, 1.82) is 0 Å². The highest BCUT2D eigenvalue weighted by atomic mass is 28.4. The lowest BCUT2D eigenvalue weighted by Gasteiger charge is -2.51. The second kappa shape index (κ2) is 12.5. The lowest BCUT2D eigenvalue weighted by molar-refractivity contribution is -0.366. The zero-order chi connectivity index (χ0) is 29.3. The van der Waals surface area contributed by atoms with Crippen LogP contribution in [0.4, 0.5) is 0 Å². The van der Waals surface area contributed by atoms with Gasteiger partial charge < -0.3 is 37.6 Å². The third-order valence-corrected chi connectivity index (χ3v) is 12.9. The van der Waals surface area contributed by atoms with Crippen LogP contribution >= 0.6 is 0 Å². The second-order valence-corrected chi connectivity index (χ2v) is 17.9. The Balaban J connectivity index is 1.43. The van der Waals surface area contributed by atoms with Gasteiger partial charge in [0.1, 0.15) is 30.5 Å². The molecule has 1 unspecified atom stereocenters. The third kappa shape index (κ3) is 7.47. The molecule has 0 aromatic heterocycles. The molecular formula is C32H46O8Si. The van der Waals surface area contributed by atoms with Crippen LogP contribution in [0.15, 0.2) is 60.7 Å². The van der Waals surface area contributed by atoms with Gasteiger partial charge in [0.25, 0.3) is 0 Å². The van der Waals surface area contributed by atoms with E-state index in [0.29, 0.717) is 26.4 Å². The quantitative estimate of drug-likeness (QED) is 0.333. The van der Waals surface area contributed by atoms with Crippen molar-refractivity contribution in [2.45, 2.75) is 108 Å². The minimum Gasteiger partial charge on any atom is -0.406 e. The second-order valence-electron chi connectivity index (χ2n) is 13.1. The fraction of sp³-hybridized carbons (Fsp3) is 0.625. The van der Waals surface area contributed by atoms with Crippen LogP contribution in [0.1, 0.15) is 52.0 Å². The molecule has 0 radical (unpaired) electrons. The number of rotatable bonds is 9. The molecule has 0 amide bonds. The largest absolute Gasteiger partial charge is 0.406 e. The first-order chi connectivity index (χ1) is 19.4. The van der Waals surface area contributed by atoms with Gasteiger partial charge in [-0.25, -0.2) is 0 Å². The zero-order valence-corrected chi connectivity index (χ0v) is 26.4. The fourth-order valence-electron chi connectivity index (χ4n) is 5.11. The summed E-state index contributed by atoms with van der Waals surface area (Å²) in [7, 11) is -2.29. The van der Waals surface area contributed by atoms with Crippen LogP contribution < -0.4 is 0 Å². The smallest absolute Gasteiger partial charge is 0.192 e. The molecule has 8 nitrogen and oxygen atoms in total. The Morgan fingerprint density at radius 2 is 1.56 bits per heavy atom. The van der Waals surface area contributed by atoms with E-state index in [1.165, 1.54) is 0 Å². The molecule has 0 bridgehead atoms. The molecule has 3 aliphatic heterocycles. The maximum absolute atomic E-state index is 7.07. The summed E-state index contributed by atoms with van der Waals surface area (Å²) in [5.41, 5.74) is 2.03. The number of hydrogen-bond donors (Lipinski definition) is 0. The Kier molecular flexibility index (Phi) is 9.40. The van der Waals surface area contributed by atoms with Gasteiger partial charge in [0.15, 0.2) is 26.7 Å². The van der Waals surface area contributed by atoms with Crippen LogP contribution in [0, 0.1) is 0 Å². The van der Waals surface area contributed by atoms with Gasteiger partial charge in [0, 0.05) is 5.56 Å². The maximum Gasteiger partial charge on any atom is 0.192 e. The van der Waals surface area contributed by atoms with Crippen molar-refractivity contribution >= 4 is 8.32 Å². The predicted molar refractivity (Wildman–Crippen MR) is 157 cm³/mol. The lowest BCUT2D eigenvalue weighted by atomic mass is 9.97. The van der Waals surface area contributed by atoms with Gasteiger partial charge in [-0.3, -0.25) is 0 Å². The minimum absolute atomic E-state index is 0.0338. The number of benzene rings is 2. The van der Waals surface area contributed by atoms with Crippen molar-refractivity contribution < 1.29 is 37.6 Å². The van der Waals surface area contributed by atoms with Crippen LogP contribution in [-0.4, -0.2) is 70.7 Å². The molecule has 3 fully saturated rings. The molecule has 2 aromatic carbocycles. The van der Waals surface area contributed by atoms with Crippen LogP contribution in [0.2, 0.25) is 18.1 Å². The van der Waals surface area contributed by atoms with E-state index in [2.05, 4.69) is 46.0 Å². The molecule has 3 aliphatic rings. The van der Waals surface area contributed by atoms with E-state index in [4.69, 9.17) is 37.6 Å². The van der Waals surface area contributed by atoms with Crippen molar-refractivity contribution in [3.63, 3.8) is 0 Å². The van der Waals surface area contributed by atoms with Gasteiger partial charge in [-0.1, -0.05) is 81.4 Å². The van der Waals surface area contributed by atoms with Crippen molar-refractivity contribution in [2.75, 3.05) is 19.8 Å². The molecule has 7 atom stereocenters. The molecular weight excluding hydrogens is 540 g/mol. The van der Waals surface area contributed by atoms with Crippen molar-refractivity contribution in [3.8, 4) is 0 Å². The molecule has 5 rings (SSSR count). The number of ether oxygens (including phenoxy) is 7. The van der Waals surface area contributed by atoms with E-state index in [0.717, 1.165) is 11.1 Å². The predicted octanol–water partition coefficient (Wildman–Crippen LogP) is 5.97. The third-order valence-electron chi connectivity index (χ3n) is 8.39. The summed E-state index contributed by atoms with van der Waals surface area (Å²) in [5, 5.41) is -0.0338. The van der Waals surface area contributed by atoms with E-state index in [-0.39, 0.29) is 11.1 Å². The highest BCUT2D eigenvalue weighted by molar-refractivity contribution is 6.74. The molecule has 0 aliphatic carbocycles. The SMILES string of the molecule is CC1(C)OCC(CO[C@@H]2O[C@@H]3CO[C@@H](c4ccccc4)O[C@H]3[C@H](OCc3ccccc3)[C@@H]2O[Si](C)(C)C(C)(C)C)O1. The van der Waals surface area contributed by atoms with E-state index < -0.39 is 51.1 Å². The standard InChI is InChI=1S/C32H46O8Si/c1-31(2,3)41(6,7)40-28-27(33-18-22-14-10-8-11-15-22)26-25(21-35-29(38-26)23-16-12-9-13-17-23)37-30(28)34-19-24-20-36-32(4,5)39-24/h8-17,24-30H,18-21H2,1-7H3/t24?,25-,26-,27+,28+,29-,30-/m1/s1. The average molecular weight is 587 g/mol. The Morgan fingerprint density at radius 3 is 2.20 bits per heavy atom. The molecule has 0 spiro atoms. The van der Waals surface area contributed by atoms with Crippen LogP contribution in [0.3, 0.4) is 0 Å². The van der Waals surface area contributed by atoms with Gasteiger partial charge in [0.05, 0.1) is 26.4 Å². The summed E-state index contributed by atoms with van der Waals surface area (Å²) in [5.74, 6) is -0.636. The molecule has 3 saturated heterocycles. The van der Waals surface area contributed by atoms with Gasteiger partial charge in [-0.2, -0.15) is 0 Å². The van der Waals surface area contributed by atoms with E-state index in [9.17, 15) is 0 Å². The van der Waals surface area contributed by atoms with E-state index >= 15 is 0 Å². The van der Waals surface area contributed by atoms with Crippen molar-refractivity contribution in [1.82, 2.24) is 0 Å². The first kappa shape index (κ1) is 30.8. The Morgan fingerprint density at radius 1 is 0.878 bits per heavy atom. The van der Waals surface area contributed by atoms with Gasteiger partial charge >= 0.3 is 0 Å². The Labute approximate surface area is 245 Å². The van der Waals surface area contributed by atoms with E-state index in [1.54, 1.807) is 0 Å². The summed E-state index contributed by atoms with van der Waals surface area (Å²) in [6.45, 7) is 16.5. The molecule has 226 valence electrons. The first-order valence-corrected chi connectivity index (χ1v) is 17.6. The van der Waals surface area contributed by atoms with Crippen LogP contribution in [0.5, 0.6) is 0 Å². The molecule has 9 heteroatoms. The monoisotopic (exact) mass is 586 g/mol.